The SMILES string of the molecule is Cc1cccc(S(=O)(=O)c2ccc(CNC(=O)c3cc4cnccc4[nH]3)cc2)c1F. The van der Waals surface area contributed by atoms with E-state index in [9.17, 15) is 17.6 Å². The van der Waals surface area contributed by atoms with Gasteiger partial charge in [-0.25, -0.2) is 12.8 Å². The fourth-order valence-electron chi connectivity index (χ4n) is 3.11. The van der Waals surface area contributed by atoms with Crippen LogP contribution in [0.3, 0.4) is 0 Å². The summed E-state index contributed by atoms with van der Waals surface area (Å²) in [6, 6.07) is 13.8. The number of carbonyl (C=O) groups is 1. The van der Waals surface area contributed by atoms with Gasteiger partial charge in [0.05, 0.1) is 4.90 Å². The Balaban J connectivity index is 1.48. The number of aromatic amines is 1. The molecular weight excluding hydrogens is 405 g/mol. The molecule has 2 aromatic heterocycles. The van der Waals surface area contributed by atoms with Crippen molar-refractivity contribution in [1.82, 2.24) is 15.3 Å². The van der Waals surface area contributed by atoms with E-state index in [0.29, 0.717) is 11.3 Å². The molecule has 0 aliphatic carbocycles. The number of hydrogen-bond acceptors (Lipinski definition) is 4. The number of nitrogens with zero attached hydrogens (tertiary/aromatic N) is 1. The average molecular weight is 423 g/mol. The van der Waals surface area contributed by atoms with Crippen LogP contribution in [-0.2, 0) is 16.4 Å². The van der Waals surface area contributed by atoms with E-state index in [-0.39, 0.29) is 27.8 Å². The van der Waals surface area contributed by atoms with Crippen LogP contribution in [0.15, 0.2) is 76.8 Å². The Morgan fingerprint density at radius 1 is 1.13 bits per heavy atom. The highest BCUT2D eigenvalue weighted by molar-refractivity contribution is 7.91. The van der Waals surface area contributed by atoms with E-state index in [0.717, 1.165) is 10.9 Å². The second-order valence-corrected chi connectivity index (χ2v) is 8.78. The van der Waals surface area contributed by atoms with Crippen molar-refractivity contribution in [2.24, 2.45) is 0 Å². The first-order chi connectivity index (χ1) is 14.4. The van der Waals surface area contributed by atoms with E-state index < -0.39 is 15.7 Å². The Hall–Kier alpha value is -3.52. The molecule has 0 aliphatic heterocycles. The Kier molecular flexibility index (Phi) is 5.09. The molecular formula is C22H18FN3O3S. The number of hydrogen-bond donors (Lipinski definition) is 2. The molecule has 0 aliphatic rings. The molecule has 1 amide bonds. The van der Waals surface area contributed by atoms with Gasteiger partial charge in [-0.1, -0.05) is 24.3 Å². The third kappa shape index (κ3) is 3.69. The molecule has 0 unspecified atom stereocenters. The quantitative estimate of drug-likeness (QED) is 0.511. The van der Waals surface area contributed by atoms with Crippen molar-refractivity contribution in [3.63, 3.8) is 0 Å². The number of H-pyrrole nitrogens is 1. The lowest BCUT2D eigenvalue weighted by Gasteiger charge is -2.09. The third-order valence-electron chi connectivity index (χ3n) is 4.80. The topological polar surface area (TPSA) is 91.9 Å². The number of halogens is 1. The summed E-state index contributed by atoms with van der Waals surface area (Å²) < 4.78 is 39.7. The largest absolute Gasteiger partial charge is 0.350 e. The van der Waals surface area contributed by atoms with Gasteiger partial charge in [0.15, 0.2) is 0 Å². The van der Waals surface area contributed by atoms with Gasteiger partial charge < -0.3 is 10.3 Å². The summed E-state index contributed by atoms with van der Waals surface area (Å²) in [6.45, 7) is 1.73. The number of carbonyl (C=O) groups excluding carboxylic acids is 1. The van der Waals surface area contributed by atoms with Crippen molar-refractivity contribution >= 4 is 26.6 Å². The highest BCUT2D eigenvalue weighted by Crippen LogP contribution is 2.25. The number of aromatic nitrogens is 2. The van der Waals surface area contributed by atoms with Gasteiger partial charge in [-0.15, -0.1) is 0 Å². The number of rotatable bonds is 5. The zero-order valence-corrected chi connectivity index (χ0v) is 16.8. The monoisotopic (exact) mass is 423 g/mol. The number of aryl methyl sites for hydroxylation is 1. The van der Waals surface area contributed by atoms with Gasteiger partial charge in [0.1, 0.15) is 16.4 Å². The summed E-state index contributed by atoms with van der Waals surface area (Å²) in [7, 11) is -3.97. The minimum atomic E-state index is -3.97. The Morgan fingerprint density at radius 2 is 1.90 bits per heavy atom. The van der Waals surface area contributed by atoms with E-state index >= 15 is 0 Å². The summed E-state index contributed by atoms with van der Waals surface area (Å²) in [5.41, 5.74) is 2.20. The van der Waals surface area contributed by atoms with Gasteiger partial charge in [-0.2, -0.15) is 0 Å². The maximum Gasteiger partial charge on any atom is 0.267 e. The molecule has 2 aromatic carbocycles. The predicted octanol–water partition coefficient (Wildman–Crippen LogP) is 3.77. The first kappa shape index (κ1) is 19.8. The fraction of sp³-hybridized carbons (Fsp3) is 0.0909. The molecule has 0 saturated carbocycles. The zero-order valence-electron chi connectivity index (χ0n) is 16.0. The van der Waals surface area contributed by atoms with Crippen LogP contribution in [0.25, 0.3) is 10.9 Å². The van der Waals surface area contributed by atoms with Gasteiger partial charge in [0, 0.05) is 29.8 Å². The lowest BCUT2D eigenvalue weighted by molar-refractivity contribution is 0.0946. The van der Waals surface area contributed by atoms with Crippen LogP contribution in [0.1, 0.15) is 21.6 Å². The number of nitrogens with one attached hydrogen (secondary N) is 2. The third-order valence-corrected chi connectivity index (χ3v) is 6.59. The first-order valence-corrected chi connectivity index (χ1v) is 10.6. The minimum absolute atomic E-state index is 0.00908. The molecule has 6 nitrogen and oxygen atoms in total. The van der Waals surface area contributed by atoms with Crippen molar-refractivity contribution in [3.05, 3.63) is 89.6 Å². The maximum absolute atomic E-state index is 14.3. The molecule has 2 N–H and O–H groups in total. The van der Waals surface area contributed by atoms with Crippen LogP contribution in [0, 0.1) is 12.7 Å². The second kappa shape index (κ2) is 7.72. The molecule has 4 rings (SSSR count). The highest BCUT2D eigenvalue weighted by Gasteiger charge is 2.22. The smallest absolute Gasteiger partial charge is 0.267 e. The van der Waals surface area contributed by atoms with E-state index in [4.69, 9.17) is 0 Å². The summed E-state index contributed by atoms with van der Waals surface area (Å²) in [5, 5.41) is 3.62. The van der Waals surface area contributed by atoms with Crippen LogP contribution >= 0.6 is 0 Å². The Morgan fingerprint density at radius 3 is 2.63 bits per heavy atom. The van der Waals surface area contributed by atoms with Crippen LogP contribution < -0.4 is 5.32 Å². The molecule has 0 fully saturated rings. The van der Waals surface area contributed by atoms with E-state index in [1.165, 1.54) is 37.3 Å². The lowest BCUT2D eigenvalue weighted by Crippen LogP contribution is -2.23. The lowest BCUT2D eigenvalue weighted by atomic mass is 10.2. The number of benzene rings is 2. The molecule has 30 heavy (non-hydrogen) atoms. The molecule has 4 aromatic rings. The molecule has 0 atom stereocenters. The molecule has 8 heteroatoms. The second-order valence-electron chi connectivity index (χ2n) is 6.86. The van der Waals surface area contributed by atoms with E-state index in [2.05, 4.69) is 15.3 Å². The zero-order chi connectivity index (χ0) is 21.3. The number of sulfone groups is 1. The summed E-state index contributed by atoms with van der Waals surface area (Å²) in [5.74, 6) is -1.04. The van der Waals surface area contributed by atoms with Crippen molar-refractivity contribution < 1.29 is 17.6 Å². The van der Waals surface area contributed by atoms with Crippen LogP contribution in [0.2, 0.25) is 0 Å². The summed E-state index contributed by atoms with van der Waals surface area (Å²) in [4.78, 5) is 19.0. The predicted molar refractivity (Wildman–Crippen MR) is 110 cm³/mol. The average Bonchev–Trinajstić information content (AvgIpc) is 3.18. The van der Waals surface area contributed by atoms with Gasteiger partial charge >= 0.3 is 0 Å². The van der Waals surface area contributed by atoms with Crippen LogP contribution in [-0.4, -0.2) is 24.3 Å². The minimum Gasteiger partial charge on any atom is -0.350 e. The standard InChI is InChI=1S/C22H18FN3O3S/c1-14-3-2-4-20(21(14)23)30(28,29)17-7-5-15(6-8-17)12-25-22(27)19-11-16-13-24-10-9-18(16)26-19/h2-11,13,26H,12H2,1H3,(H,25,27). The number of pyridine rings is 1. The Labute approximate surface area is 172 Å². The molecule has 0 radical (unpaired) electrons. The number of fused-ring (bicyclic) bond motifs is 1. The number of amides is 1. The van der Waals surface area contributed by atoms with Crippen molar-refractivity contribution in [2.75, 3.05) is 0 Å². The first-order valence-electron chi connectivity index (χ1n) is 9.16. The normalized spacial score (nSPS) is 11.5. The fourth-order valence-corrected chi connectivity index (χ4v) is 4.52. The van der Waals surface area contributed by atoms with Gasteiger partial charge in [0.25, 0.3) is 5.91 Å². The van der Waals surface area contributed by atoms with E-state index in [1.54, 1.807) is 36.7 Å². The maximum atomic E-state index is 14.3. The molecule has 0 saturated heterocycles. The Bertz CT molecular complexity index is 1310. The van der Waals surface area contributed by atoms with Gasteiger partial charge in [-0.3, -0.25) is 9.78 Å². The van der Waals surface area contributed by atoms with Crippen molar-refractivity contribution in [3.8, 4) is 0 Å². The van der Waals surface area contributed by atoms with Crippen LogP contribution in [0.4, 0.5) is 4.39 Å². The van der Waals surface area contributed by atoms with E-state index in [1.807, 2.05) is 0 Å². The highest BCUT2D eigenvalue weighted by atomic mass is 32.2. The van der Waals surface area contributed by atoms with Gasteiger partial charge in [-0.05, 0) is 48.4 Å². The molecule has 2 heterocycles. The van der Waals surface area contributed by atoms with Crippen molar-refractivity contribution in [1.29, 1.82) is 0 Å². The summed E-state index contributed by atoms with van der Waals surface area (Å²) >= 11 is 0. The molecule has 0 spiro atoms. The molecule has 0 bridgehead atoms. The van der Waals surface area contributed by atoms with Gasteiger partial charge in [0.2, 0.25) is 9.84 Å². The summed E-state index contributed by atoms with van der Waals surface area (Å²) in [6.07, 6.45) is 3.30. The molecule has 152 valence electrons. The van der Waals surface area contributed by atoms with Crippen molar-refractivity contribution in [2.45, 2.75) is 23.3 Å². The van der Waals surface area contributed by atoms with Crippen LogP contribution in [0.5, 0.6) is 0 Å².